The minimum Gasteiger partial charge on any atom is -0.355 e. The summed E-state index contributed by atoms with van der Waals surface area (Å²) in [5.41, 5.74) is 0. The van der Waals surface area contributed by atoms with E-state index in [0.717, 1.165) is 25.9 Å². The molecule has 1 aromatic carbocycles. The fraction of sp³-hybridized carbons (Fsp3) is 0.588. The summed E-state index contributed by atoms with van der Waals surface area (Å²) in [6.07, 6.45) is 4.45. The topological polar surface area (TPSA) is 87.3 Å². The number of hydrogen-bond donors (Lipinski definition) is 3. The molecule has 2 atom stereocenters. The second-order valence-electron chi connectivity index (χ2n) is 6.21. The zero-order chi connectivity index (χ0) is 18.1. The molecule has 1 fully saturated rings. The van der Waals surface area contributed by atoms with Gasteiger partial charge >= 0.3 is 0 Å². The van der Waals surface area contributed by atoms with Gasteiger partial charge in [0.1, 0.15) is 6.04 Å². The van der Waals surface area contributed by atoms with Gasteiger partial charge in [-0.05, 0) is 62.4 Å². The molecule has 1 aliphatic heterocycles. The normalized spacial score (nSPS) is 18.8. The number of hydrogen-bond acceptors (Lipinski definition) is 5. The highest BCUT2D eigenvalue weighted by atomic mass is 32.2. The van der Waals surface area contributed by atoms with Crippen LogP contribution in [-0.2, 0) is 14.8 Å². The highest BCUT2D eigenvalue weighted by Crippen LogP contribution is 2.12. The van der Waals surface area contributed by atoms with Gasteiger partial charge in [0.15, 0.2) is 0 Å². The Hall–Kier alpha value is -1.09. The third-order valence-electron chi connectivity index (χ3n) is 4.29. The van der Waals surface area contributed by atoms with Crippen LogP contribution in [0.25, 0.3) is 0 Å². The molecule has 1 aliphatic rings. The molecule has 6 nitrogen and oxygen atoms in total. The summed E-state index contributed by atoms with van der Waals surface area (Å²) in [7, 11) is -3.71. The Kier molecular flexibility index (Phi) is 8.21. The predicted octanol–water partition coefficient (Wildman–Crippen LogP) is 1.20. The average molecular weight is 386 g/mol. The minimum absolute atomic E-state index is 0.175. The largest absolute Gasteiger partial charge is 0.355 e. The van der Waals surface area contributed by atoms with Crippen molar-refractivity contribution in [2.45, 2.75) is 30.2 Å². The van der Waals surface area contributed by atoms with Gasteiger partial charge in [-0.3, -0.25) is 4.79 Å². The second-order valence-corrected chi connectivity index (χ2v) is 8.91. The number of nitrogens with one attached hydrogen (secondary N) is 3. The van der Waals surface area contributed by atoms with Gasteiger partial charge in [0.05, 0.1) is 4.90 Å². The van der Waals surface area contributed by atoms with Crippen molar-refractivity contribution < 1.29 is 13.2 Å². The quantitative estimate of drug-likeness (QED) is 0.563. The van der Waals surface area contributed by atoms with Crippen LogP contribution in [-0.4, -0.2) is 52.0 Å². The molecule has 0 radical (unpaired) electrons. The Bertz CT molecular complexity index is 632. The van der Waals surface area contributed by atoms with Gasteiger partial charge in [0.25, 0.3) is 0 Å². The Morgan fingerprint density at radius 1 is 1.36 bits per heavy atom. The van der Waals surface area contributed by atoms with Crippen molar-refractivity contribution in [3.8, 4) is 0 Å². The summed E-state index contributed by atoms with van der Waals surface area (Å²) in [5.74, 6) is 1.05. The molecule has 0 bridgehead atoms. The average Bonchev–Trinajstić information content (AvgIpc) is 3.12. The van der Waals surface area contributed by atoms with Crippen molar-refractivity contribution in [1.29, 1.82) is 0 Å². The first kappa shape index (κ1) is 20.2. The lowest BCUT2D eigenvalue weighted by Gasteiger charge is -2.19. The van der Waals surface area contributed by atoms with E-state index >= 15 is 0 Å². The third kappa shape index (κ3) is 6.62. The summed E-state index contributed by atoms with van der Waals surface area (Å²) in [6.45, 7) is 2.60. The molecular weight excluding hydrogens is 358 g/mol. The van der Waals surface area contributed by atoms with E-state index in [-0.39, 0.29) is 10.8 Å². The Labute approximate surface area is 154 Å². The van der Waals surface area contributed by atoms with Crippen LogP contribution in [0.15, 0.2) is 35.2 Å². The molecule has 0 saturated carbocycles. The summed E-state index contributed by atoms with van der Waals surface area (Å²) in [4.78, 5) is 12.6. The lowest BCUT2D eigenvalue weighted by Crippen LogP contribution is -2.47. The molecule has 25 heavy (non-hydrogen) atoms. The molecule has 0 spiro atoms. The van der Waals surface area contributed by atoms with Gasteiger partial charge < -0.3 is 10.6 Å². The molecule has 1 amide bonds. The van der Waals surface area contributed by atoms with Crippen molar-refractivity contribution in [2.75, 3.05) is 31.6 Å². The van der Waals surface area contributed by atoms with Crippen LogP contribution < -0.4 is 15.4 Å². The molecule has 2 rings (SSSR count). The number of amides is 1. The molecule has 1 aromatic rings. The summed E-state index contributed by atoms with van der Waals surface area (Å²) in [6, 6.07) is 7.40. The van der Waals surface area contributed by atoms with E-state index in [2.05, 4.69) is 15.4 Å². The fourth-order valence-corrected chi connectivity index (χ4v) is 4.54. The Morgan fingerprint density at radius 3 is 2.76 bits per heavy atom. The number of carbonyl (C=O) groups excluding carboxylic acids is 1. The van der Waals surface area contributed by atoms with Gasteiger partial charge in [-0.2, -0.15) is 16.5 Å². The first-order valence-corrected chi connectivity index (χ1v) is 11.5. The van der Waals surface area contributed by atoms with Crippen molar-refractivity contribution in [3.05, 3.63) is 30.3 Å². The SMILES string of the molecule is CSCCC(NS(=O)(=O)c1ccccc1)C(=O)NCCC1CCNC1. The Morgan fingerprint density at radius 2 is 2.12 bits per heavy atom. The fourth-order valence-electron chi connectivity index (χ4n) is 2.82. The molecule has 3 N–H and O–H groups in total. The van der Waals surface area contributed by atoms with Crippen LogP contribution in [0, 0.1) is 5.92 Å². The summed E-state index contributed by atoms with van der Waals surface area (Å²) in [5, 5.41) is 6.19. The minimum atomic E-state index is -3.71. The maximum absolute atomic E-state index is 12.5. The van der Waals surface area contributed by atoms with Crippen LogP contribution in [0.5, 0.6) is 0 Å². The molecule has 1 saturated heterocycles. The molecule has 140 valence electrons. The molecule has 8 heteroatoms. The van der Waals surface area contributed by atoms with Crippen molar-refractivity contribution in [1.82, 2.24) is 15.4 Å². The predicted molar refractivity (Wildman–Crippen MR) is 102 cm³/mol. The zero-order valence-corrected chi connectivity index (χ0v) is 16.2. The van der Waals surface area contributed by atoms with E-state index in [0.29, 0.717) is 24.6 Å². The molecule has 1 heterocycles. The molecular formula is C17H27N3O3S2. The highest BCUT2D eigenvalue weighted by molar-refractivity contribution is 7.98. The van der Waals surface area contributed by atoms with Crippen molar-refractivity contribution >= 4 is 27.7 Å². The lowest BCUT2D eigenvalue weighted by atomic mass is 10.1. The van der Waals surface area contributed by atoms with Crippen LogP contribution in [0.1, 0.15) is 19.3 Å². The summed E-state index contributed by atoms with van der Waals surface area (Å²) >= 11 is 1.59. The Balaban J connectivity index is 1.93. The smallest absolute Gasteiger partial charge is 0.241 e. The van der Waals surface area contributed by atoms with Crippen LogP contribution >= 0.6 is 11.8 Å². The van der Waals surface area contributed by atoms with E-state index in [1.807, 2.05) is 6.26 Å². The lowest BCUT2D eigenvalue weighted by molar-refractivity contribution is -0.122. The first-order chi connectivity index (χ1) is 12.0. The van der Waals surface area contributed by atoms with E-state index in [1.165, 1.54) is 12.1 Å². The molecule has 2 unspecified atom stereocenters. The number of carbonyl (C=O) groups is 1. The maximum atomic E-state index is 12.5. The van der Waals surface area contributed by atoms with Crippen molar-refractivity contribution in [2.24, 2.45) is 5.92 Å². The maximum Gasteiger partial charge on any atom is 0.241 e. The monoisotopic (exact) mass is 385 g/mol. The number of sulfonamides is 1. The molecule has 0 aromatic heterocycles. The van der Waals surface area contributed by atoms with E-state index in [9.17, 15) is 13.2 Å². The van der Waals surface area contributed by atoms with E-state index in [4.69, 9.17) is 0 Å². The van der Waals surface area contributed by atoms with Gasteiger partial charge in [-0.15, -0.1) is 0 Å². The van der Waals surface area contributed by atoms with Gasteiger partial charge in [-0.1, -0.05) is 18.2 Å². The third-order valence-corrected chi connectivity index (χ3v) is 6.42. The van der Waals surface area contributed by atoms with Gasteiger partial charge in [-0.25, -0.2) is 8.42 Å². The van der Waals surface area contributed by atoms with Crippen LogP contribution in [0.3, 0.4) is 0 Å². The molecule has 0 aliphatic carbocycles. The first-order valence-electron chi connectivity index (χ1n) is 8.57. The number of benzene rings is 1. The van der Waals surface area contributed by atoms with E-state index in [1.54, 1.807) is 30.0 Å². The highest BCUT2D eigenvalue weighted by Gasteiger charge is 2.25. The van der Waals surface area contributed by atoms with Crippen LogP contribution in [0.2, 0.25) is 0 Å². The number of rotatable bonds is 10. The second kappa shape index (κ2) is 10.2. The van der Waals surface area contributed by atoms with Gasteiger partial charge in [0, 0.05) is 6.54 Å². The van der Waals surface area contributed by atoms with Crippen LogP contribution in [0.4, 0.5) is 0 Å². The van der Waals surface area contributed by atoms with Crippen molar-refractivity contribution in [3.63, 3.8) is 0 Å². The summed E-state index contributed by atoms with van der Waals surface area (Å²) < 4.78 is 27.5. The standard InChI is InChI=1S/C17H27N3O3S2/c1-24-12-9-16(17(21)19-11-8-14-7-10-18-13-14)20-25(22,23)15-5-3-2-4-6-15/h2-6,14,16,18,20H,7-13H2,1H3,(H,19,21). The zero-order valence-electron chi connectivity index (χ0n) is 14.5. The van der Waals surface area contributed by atoms with E-state index < -0.39 is 16.1 Å². The van der Waals surface area contributed by atoms with Gasteiger partial charge in [0.2, 0.25) is 15.9 Å². The number of thioether (sulfide) groups is 1.